The molecule has 2 bridgehead atoms. The lowest BCUT2D eigenvalue weighted by Crippen LogP contribution is -2.45. The average molecular weight is 295 g/mol. The van der Waals surface area contributed by atoms with E-state index in [1.54, 1.807) is 6.92 Å². The Kier molecular flexibility index (Phi) is 3.60. The molecule has 0 radical (unpaired) electrons. The normalized spacial score (nSPS) is 26.6. The number of alkyl halides is 3. The molecule has 2 atom stereocenters. The molecule has 21 heavy (non-hydrogen) atoms. The highest BCUT2D eigenvalue weighted by Gasteiger charge is 2.35. The predicted octanol–water partition coefficient (Wildman–Crippen LogP) is 4.65. The third-order valence-corrected chi connectivity index (χ3v) is 4.97. The summed E-state index contributed by atoms with van der Waals surface area (Å²) in [6.45, 7) is 1.59. The summed E-state index contributed by atoms with van der Waals surface area (Å²) in [5, 5.41) is 0. The first kappa shape index (κ1) is 14.6. The monoisotopic (exact) mass is 295 g/mol. The number of nitrogens with zero attached hydrogens (tertiary/aromatic N) is 1. The van der Waals surface area contributed by atoms with Crippen molar-refractivity contribution in [1.82, 2.24) is 4.90 Å². The van der Waals surface area contributed by atoms with Crippen LogP contribution >= 0.6 is 0 Å². The molecule has 114 valence electrons. The SMILES string of the molecule is Cc1c(C2=CC3CCCC(C2)N3C)cccc1C(F)(F)F. The van der Waals surface area contributed by atoms with Crippen molar-refractivity contribution in [2.75, 3.05) is 7.05 Å². The van der Waals surface area contributed by atoms with Gasteiger partial charge in [0.2, 0.25) is 0 Å². The minimum absolute atomic E-state index is 0.360. The second-order valence-electron chi connectivity index (χ2n) is 6.19. The first-order valence-corrected chi connectivity index (χ1v) is 7.47. The van der Waals surface area contributed by atoms with E-state index in [4.69, 9.17) is 0 Å². The number of likely N-dealkylation sites (N-methyl/N-ethyl adjacent to an activating group) is 1. The zero-order valence-corrected chi connectivity index (χ0v) is 12.4. The van der Waals surface area contributed by atoms with Crippen molar-refractivity contribution in [3.8, 4) is 0 Å². The van der Waals surface area contributed by atoms with Crippen molar-refractivity contribution in [3.05, 3.63) is 41.0 Å². The van der Waals surface area contributed by atoms with E-state index in [-0.39, 0.29) is 0 Å². The van der Waals surface area contributed by atoms with Gasteiger partial charge in [0.25, 0.3) is 0 Å². The van der Waals surface area contributed by atoms with E-state index in [1.165, 1.54) is 18.6 Å². The van der Waals surface area contributed by atoms with E-state index in [0.717, 1.165) is 30.4 Å². The Morgan fingerprint density at radius 3 is 2.62 bits per heavy atom. The first-order chi connectivity index (χ1) is 9.88. The van der Waals surface area contributed by atoms with Crippen LogP contribution in [-0.2, 0) is 6.18 Å². The van der Waals surface area contributed by atoms with Gasteiger partial charge in [-0.15, -0.1) is 0 Å². The van der Waals surface area contributed by atoms with Crippen molar-refractivity contribution in [2.24, 2.45) is 0 Å². The molecule has 2 aliphatic heterocycles. The van der Waals surface area contributed by atoms with Crippen molar-refractivity contribution in [2.45, 2.75) is 50.9 Å². The lowest BCUT2D eigenvalue weighted by Gasteiger charge is -2.43. The molecule has 1 nitrogen and oxygen atoms in total. The molecule has 2 aliphatic rings. The summed E-state index contributed by atoms with van der Waals surface area (Å²) >= 11 is 0. The molecule has 0 aromatic heterocycles. The number of halogens is 3. The zero-order valence-electron chi connectivity index (χ0n) is 12.4. The Labute approximate surface area is 123 Å². The molecule has 0 saturated carbocycles. The van der Waals surface area contributed by atoms with E-state index in [0.29, 0.717) is 17.6 Å². The number of piperidine rings is 1. The number of benzene rings is 1. The molecule has 4 heteroatoms. The number of rotatable bonds is 1. The summed E-state index contributed by atoms with van der Waals surface area (Å²) in [7, 11) is 2.13. The van der Waals surface area contributed by atoms with Crippen LogP contribution < -0.4 is 0 Å². The highest BCUT2D eigenvalue weighted by atomic mass is 19.4. The first-order valence-electron chi connectivity index (χ1n) is 7.47. The summed E-state index contributed by atoms with van der Waals surface area (Å²) in [4.78, 5) is 2.37. The second-order valence-corrected chi connectivity index (χ2v) is 6.19. The molecule has 0 N–H and O–H groups in total. The molecule has 1 aromatic rings. The van der Waals surface area contributed by atoms with Gasteiger partial charge in [-0.25, -0.2) is 0 Å². The topological polar surface area (TPSA) is 3.24 Å². The maximum Gasteiger partial charge on any atom is 0.416 e. The average Bonchev–Trinajstić information content (AvgIpc) is 2.37. The highest BCUT2D eigenvalue weighted by Crippen LogP contribution is 2.40. The highest BCUT2D eigenvalue weighted by molar-refractivity contribution is 5.71. The maximum absolute atomic E-state index is 13.1. The number of hydrogen-bond acceptors (Lipinski definition) is 1. The van der Waals surface area contributed by atoms with Gasteiger partial charge in [-0.1, -0.05) is 24.6 Å². The van der Waals surface area contributed by atoms with E-state index >= 15 is 0 Å². The van der Waals surface area contributed by atoms with Crippen LogP contribution in [0.1, 0.15) is 42.4 Å². The van der Waals surface area contributed by atoms with Gasteiger partial charge in [0.15, 0.2) is 0 Å². The van der Waals surface area contributed by atoms with Gasteiger partial charge in [-0.3, -0.25) is 4.90 Å². The van der Waals surface area contributed by atoms with Gasteiger partial charge in [-0.2, -0.15) is 13.2 Å². The molecular weight excluding hydrogens is 275 g/mol. The minimum Gasteiger partial charge on any atom is -0.297 e. The molecule has 0 aliphatic carbocycles. The maximum atomic E-state index is 13.1. The summed E-state index contributed by atoms with van der Waals surface area (Å²) in [6.07, 6.45) is 2.22. The minimum atomic E-state index is -4.28. The number of hydrogen-bond donors (Lipinski definition) is 0. The third kappa shape index (κ3) is 2.61. The lowest BCUT2D eigenvalue weighted by atomic mass is 9.82. The van der Waals surface area contributed by atoms with Crippen LogP contribution in [-0.4, -0.2) is 24.0 Å². The van der Waals surface area contributed by atoms with E-state index in [1.807, 2.05) is 6.07 Å². The lowest BCUT2D eigenvalue weighted by molar-refractivity contribution is -0.138. The van der Waals surface area contributed by atoms with E-state index < -0.39 is 11.7 Å². The van der Waals surface area contributed by atoms with Gasteiger partial charge < -0.3 is 0 Å². The van der Waals surface area contributed by atoms with Gasteiger partial charge >= 0.3 is 6.18 Å². The predicted molar refractivity (Wildman–Crippen MR) is 78.0 cm³/mol. The summed E-state index contributed by atoms with van der Waals surface area (Å²) < 4.78 is 39.2. The zero-order chi connectivity index (χ0) is 15.2. The van der Waals surface area contributed by atoms with Crippen molar-refractivity contribution in [1.29, 1.82) is 0 Å². The summed E-state index contributed by atoms with van der Waals surface area (Å²) in [5.74, 6) is 0. The Morgan fingerprint density at radius 1 is 1.19 bits per heavy atom. The van der Waals surface area contributed by atoms with Crippen LogP contribution in [0.3, 0.4) is 0 Å². The van der Waals surface area contributed by atoms with Gasteiger partial charge in [0.1, 0.15) is 0 Å². The van der Waals surface area contributed by atoms with Gasteiger partial charge in [0, 0.05) is 12.1 Å². The largest absolute Gasteiger partial charge is 0.416 e. The second kappa shape index (κ2) is 5.16. The fourth-order valence-electron chi connectivity index (χ4n) is 3.73. The quantitative estimate of drug-likeness (QED) is 0.728. The standard InChI is InChI=1S/C17H20F3N/c1-11-15(7-4-8-16(11)17(18,19)20)12-9-13-5-3-6-14(10-12)21(13)2/h4,7-9,13-14H,3,5-6,10H2,1-2H3. The van der Waals surface area contributed by atoms with E-state index in [2.05, 4.69) is 18.0 Å². The van der Waals surface area contributed by atoms with Crippen LogP contribution in [0.15, 0.2) is 24.3 Å². The molecule has 0 spiro atoms. The van der Waals surface area contributed by atoms with Gasteiger partial charge in [-0.05, 0) is 56.0 Å². The molecule has 2 heterocycles. The Morgan fingerprint density at radius 2 is 1.95 bits per heavy atom. The Balaban J connectivity index is 2.02. The summed E-state index contributed by atoms with van der Waals surface area (Å²) in [6, 6.07) is 5.38. The van der Waals surface area contributed by atoms with Gasteiger partial charge in [0.05, 0.1) is 5.56 Å². The van der Waals surface area contributed by atoms with Crippen LogP contribution in [0, 0.1) is 6.92 Å². The van der Waals surface area contributed by atoms with Crippen molar-refractivity contribution in [3.63, 3.8) is 0 Å². The molecule has 3 rings (SSSR count). The molecular formula is C17H20F3N. The summed E-state index contributed by atoms with van der Waals surface area (Å²) in [5.41, 5.74) is 1.71. The third-order valence-electron chi connectivity index (χ3n) is 4.97. The Hall–Kier alpha value is -1.29. The van der Waals surface area contributed by atoms with Crippen molar-refractivity contribution >= 4 is 5.57 Å². The van der Waals surface area contributed by atoms with Crippen molar-refractivity contribution < 1.29 is 13.2 Å². The van der Waals surface area contributed by atoms with Crippen LogP contribution in [0.25, 0.3) is 5.57 Å². The Bertz CT molecular complexity index is 574. The fraction of sp³-hybridized carbons (Fsp3) is 0.529. The number of fused-ring (bicyclic) bond motifs is 2. The molecule has 1 saturated heterocycles. The fourth-order valence-corrected chi connectivity index (χ4v) is 3.73. The van der Waals surface area contributed by atoms with Crippen LogP contribution in [0.2, 0.25) is 0 Å². The van der Waals surface area contributed by atoms with Crippen LogP contribution in [0.5, 0.6) is 0 Å². The molecule has 1 fully saturated rings. The van der Waals surface area contributed by atoms with E-state index in [9.17, 15) is 13.2 Å². The van der Waals surface area contributed by atoms with Crippen LogP contribution in [0.4, 0.5) is 13.2 Å². The smallest absolute Gasteiger partial charge is 0.297 e. The molecule has 0 amide bonds. The molecule has 2 unspecified atom stereocenters. The molecule has 1 aromatic carbocycles.